The van der Waals surface area contributed by atoms with Gasteiger partial charge in [-0.2, -0.15) is 0 Å². The predicted molar refractivity (Wildman–Crippen MR) is 61.5 cm³/mol. The first kappa shape index (κ1) is 10.5. The van der Waals surface area contributed by atoms with Crippen LogP contribution in [-0.4, -0.2) is 24.5 Å². The van der Waals surface area contributed by atoms with E-state index in [1.54, 1.807) is 0 Å². The van der Waals surface area contributed by atoms with Gasteiger partial charge < -0.3 is 4.90 Å². The Morgan fingerprint density at radius 2 is 1.57 bits per heavy atom. The fourth-order valence-electron chi connectivity index (χ4n) is 3.43. The van der Waals surface area contributed by atoms with Gasteiger partial charge in [0.05, 0.1) is 0 Å². The predicted octanol–water partition coefficient (Wildman–Crippen LogP) is 3.44. The maximum absolute atomic E-state index is 2.64. The largest absolute Gasteiger partial charge is 0.304 e. The third-order valence-electron chi connectivity index (χ3n) is 4.50. The molecule has 1 saturated heterocycles. The van der Waals surface area contributed by atoms with Crippen molar-refractivity contribution in [2.45, 2.75) is 58.3 Å². The molecular weight excluding hydrogens is 170 g/mol. The zero-order valence-corrected chi connectivity index (χ0v) is 9.73. The topological polar surface area (TPSA) is 3.24 Å². The average Bonchev–Trinajstić information content (AvgIpc) is 2.42. The first-order chi connectivity index (χ1) is 6.85. The van der Waals surface area contributed by atoms with E-state index >= 15 is 0 Å². The Labute approximate surface area is 88.9 Å². The molecule has 0 unspecified atom stereocenters. The summed E-state index contributed by atoms with van der Waals surface area (Å²) in [5.41, 5.74) is 0.780. The smallest absolute Gasteiger partial charge is 0.00136 e. The molecule has 1 heteroatoms. The lowest BCUT2D eigenvalue weighted by Gasteiger charge is -2.36. The molecule has 1 saturated carbocycles. The van der Waals surface area contributed by atoms with E-state index in [0.29, 0.717) is 0 Å². The number of hydrogen-bond donors (Lipinski definition) is 0. The van der Waals surface area contributed by atoms with E-state index in [-0.39, 0.29) is 0 Å². The lowest BCUT2D eigenvalue weighted by molar-refractivity contribution is 0.158. The van der Waals surface area contributed by atoms with Crippen LogP contribution in [0.4, 0.5) is 0 Å². The van der Waals surface area contributed by atoms with Crippen molar-refractivity contribution in [3.8, 4) is 0 Å². The van der Waals surface area contributed by atoms with Gasteiger partial charge in [-0.25, -0.2) is 0 Å². The molecule has 0 aromatic carbocycles. The molecule has 0 aromatic heterocycles. The minimum atomic E-state index is 0.780. The highest BCUT2D eigenvalue weighted by atomic mass is 15.1. The van der Waals surface area contributed by atoms with Gasteiger partial charge in [0.2, 0.25) is 0 Å². The quantitative estimate of drug-likeness (QED) is 0.619. The Hall–Kier alpha value is -0.0400. The second-order valence-electron chi connectivity index (χ2n) is 5.35. The van der Waals surface area contributed by atoms with Gasteiger partial charge in [0.15, 0.2) is 0 Å². The van der Waals surface area contributed by atoms with E-state index in [2.05, 4.69) is 11.8 Å². The van der Waals surface area contributed by atoms with Crippen molar-refractivity contribution in [2.24, 2.45) is 5.41 Å². The first-order valence-electron chi connectivity index (χ1n) is 6.57. The molecule has 0 amide bonds. The summed E-state index contributed by atoms with van der Waals surface area (Å²) in [5.74, 6) is 0. The molecule has 0 atom stereocenters. The summed E-state index contributed by atoms with van der Waals surface area (Å²) in [5, 5.41) is 0. The molecule has 1 heterocycles. The molecule has 2 rings (SSSR count). The SMILES string of the molecule is CCN1CCCC2(CCCCC2)CC1. The van der Waals surface area contributed by atoms with Crippen LogP contribution in [-0.2, 0) is 0 Å². The zero-order valence-electron chi connectivity index (χ0n) is 9.73. The Kier molecular flexibility index (Phi) is 3.48. The van der Waals surface area contributed by atoms with E-state index in [0.717, 1.165) is 5.41 Å². The second kappa shape index (κ2) is 4.65. The molecule has 2 fully saturated rings. The Morgan fingerprint density at radius 3 is 2.29 bits per heavy atom. The minimum Gasteiger partial charge on any atom is -0.304 e. The van der Waals surface area contributed by atoms with Crippen LogP contribution in [0.1, 0.15) is 58.3 Å². The number of rotatable bonds is 1. The fourth-order valence-corrected chi connectivity index (χ4v) is 3.43. The first-order valence-corrected chi connectivity index (χ1v) is 6.57. The van der Waals surface area contributed by atoms with Crippen LogP contribution in [0.5, 0.6) is 0 Å². The van der Waals surface area contributed by atoms with Gasteiger partial charge in [-0.15, -0.1) is 0 Å². The van der Waals surface area contributed by atoms with Crippen LogP contribution in [0.2, 0.25) is 0 Å². The van der Waals surface area contributed by atoms with Crippen LogP contribution in [0.25, 0.3) is 0 Å². The van der Waals surface area contributed by atoms with Crippen molar-refractivity contribution in [3.05, 3.63) is 0 Å². The summed E-state index contributed by atoms with van der Waals surface area (Å²) in [6.07, 6.45) is 12.0. The molecule has 1 nitrogen and oxygen atoms in total. The Bertz CT molecular complexity index is 170. The Balaban J connectivity index is 1.92. The van der Waals surface area contributed by atoms with Crippen molar-refractivity contribution in [1.82, 2.24) is 4.90 Å². The van der Waals surface area contributed by atoms with E-state index in [4.69, 9.17) is 0 Å². The van der Waals surface area contributed by atoms with Crippen LogP contribution < -0.4 is 0 Å². The molecule has 1 aliphatic heterocycles. The molecule has 1 spiro atoms. The van der Waals surface area contributed by atoms with Gasteiger partial charge in [0.1, 0.15) is 0 Å². The van der Waals surface area contributed by atoms with Crippen molar-refractivity contribution in [2.75, 3.05) is 19.6 Å². The van der Waals surface area contributed by atoms with E-state index in [1.807, 2.05) is 0 Å². The molecule has 0 aromatic rings. The van der Waals surface area contributed by atoms with E-state index < -0.39 is 0 Å². The summed E-state index contributed by atoms with van der Waals surface area (Å²) in [7, 11) is 0. The fraction of sp³-hybridized carbons (Fsp3) is 1.00. The third kappa shape index (κ3) is 2.31. The Morgan fingerprint density at radius 1 is 0.857 bits per heavy atom. The zero-order chi connectivity index (χ0) is 9.86. The van der Waals surface area contributed by atoms with Crippen LogP contribution >= 0.6 is 0 Å². The molecule has 0 N–H and O–H groups in total. The third-order valence-corrected chi connectivity index (χ3v) is 4.50. The number of hydrogen-bond acceptors (Lipinski definition) is 1. The normalized spacial score (nSPS) is 28.9. The monoisotopic (exact) mass is 195 g/mol. The van der Waals surface area contributed by atoms with Crippen molar-refractivity contribution in [3.63, 3.8) is 0 Å². The highest BCUT2D eigenvalue weighted by Gasteiger charge is 2.33. The molecular formula is C13H25N. The molecule has 1 aliphatic carbocycles. The van der Waals surface area contributed by atoms with Crippen molar-refractivity contribution >= 4 is 0 Å². The lowest BCUT2D eigenvalue weighted by atomic mass is 9.69. The van der Waals surface area contributed by atoms with Crippen LogP contribution in [0, 0.1) is 5.41 Å². The number of likely N-dealkylation sites (tertiary alicyclic amines) is 1. The molecule has 2 aliphatic rings. The van der Waals surface area contributed by atoms with Crippen molar-refractivity contribution < 1.29 is 0 Å². The average molecular weight is 195 g/mol. The van der Waals surface area contributed by atoms with Crippen LogP contribution in [0.15, 0.2) is 0 Å². The summed E-state index contributed by atoms with van der Waals surface area (Å²) >= 11 is 0. The lowest BCUT2D eigenvalue weighted by Crippen LogP contribution is -2.27. The van der Waals surface area contributed by atoms with Gasteiger partial charge in [-0.1, -0.05) is 26.2 Å². The summed E-state index contributed by atoms with van der Waals surface area (Å²) < 4.78 is 0. The van der Waals surface area contributed by atoms with Gasteiger partial charge in [-0.05, 0) is 57.2 Å². The number of nitrogens with zero attached hydrogens (tertiary/aromatic N) is 1. The molecule has 82 valence electrons. The highest BCUT2D eigenvalue weighted by Crippen LogP contribution is 2.44. The molecule has 0 radical (unpaired) electrons. The minimum absolute atomic E-state index is 0.780. The maximum atomic E-state index is 2.64. The van der Waals surface area contributed by atoms with Gasteiger partial charge >= 0.3 is 0 Å². The highest BCUT2D eigenvalue weighted by molar-refractivity contribution is 4.86. The molecule has 14 heavy (non-hydrogen) atoms. The summed E-state index contributed by atoms with van der Waals surface area (Å²) in [6.45, 7) is 6.30. The summed E-state index contributed by atoms with van der Waals surface area (Å²) in [6, 6.07) is 0. The standard InChI is InChI=1S/C13H25N/c1-2-14-11-6-9-13(10-12-14)7-4-3-5-8-13/h2-12H2,1H3. The van der Waals surface area contributed by atoms with E-state index in [1.165, 1.54) is 71.0 Å². The van der Waals surface area contributed by atoms with Gasteiger partial charge in [-0.3, -0.25) is 0 Å². The van der Waals surface area contributed by atoms with Crippen molar-refractivity contribution in [1.29, 1.82) is 0 Å². The van der Waals surface area contributed by atoms with Gasteiger partial charge in [0.25, 0.3) is 0 Å². The van der Waals surface area contributed by atoms with E-state index in [9.17, 15) is 0 Å². The maximum Gasteiger partial charge on any atom is -0.00136 e. The van der Waals surface area contributed by atoms with Gasteiger partial charge in [0, 0.05) is 0 Å². The molecule has 0 bridgehead atoms. The van der Waals surface area contributed by atoms with Crippen LogP contribution in [0.3, 0.4) is 0 Å². The second-order valence-corrected chi connectivity index (χ2v) is 5.35. The summed E-state index contributed by atoms with van der Waals surface area (Å²) in [4.78, 5) is 2.64.